The van der Waals surface area contributed by atoms with E-state index in [0.717, 1.165) is 6.07 Å². The van der Waals surface area contributed by atoms with Gasteiger partial charge in [-0.3, -0.25) is 0 Å². The summed E-state index contributed by atoms with van der Waals surface area (Å²) in [6.07, 6.45) is -9.78. The number of methoxy groups -OCH3 is 1. The molecule has 0 fully saturated rings. The van der Waals surface area contributed by atoms with Gasteiger partial charge in [-0.15, -0.1) is 0 Å². The molecule has 0 saturated carbocycles. The van der Waals surface area contributed by atoms with Gasteiger partial charge in [0, 0.05) is 7.11 Å². The molecule has 0 aromatic heterocycles. The van der Waals surface area contributed by atoms with Gasteiger partial charge in [0.15, 0.2) is 0 Å². The lowest BCUT2D eigenvalue weighted by atomic mass is 9.81. The van der Waals surface area contributed by atoms with Gasteiger partial charge < -0.3 is 4.74 Å². The van der Waals surface area contributed by atoms with Crippen molar-refractivity contribution in [2.45, 2.75) is 80.4 Å². The first-order valence-electron chi connectivity index (χ1n) is 9.79. The van der Waals surface area contributed by atoms with E-state index in [0.29, 0.717) is 20.5 Å². The van der Waals surface area contributed by atoms with E-state index < -0.39 is 53.7 Å². The fraction of sp³-hybridized carbons (Fsp3) is 0.700. The summed E-state index contributed by atoms with van der Waals surface area (Å²) in [5.74, 6) is -46.7. The molecule has 1 nitrogen and oxygen atoms in total. The van der Waals surface area contributed by atoms with Crippen molar-refractivity contribution in [2.24, 2.45) is 0 Å². The minimum atomic E-state index is -8.31. The van der Waals surface area contributed by atoms with Crippen LogP contribution in [-0.2, 0) is 16.8 Å². The van der Waals surface area contributed by atoms with E-state index >= 15 is 0 Å². The molecule has 0 amide bonds. The molecule has 0 bridgehead atoms. The molecule has 36 heavy (non-hydrogen) atoms. The van der Waals surface area contributed by atoms with Crippen molar-refractivity contribution in [3.63, 3.8) is 0 Å². The predicted octanol–water partition coefficient (Wildman–Crippen LogP) is 8.26. The minimum Gasteiger partial charge on any atom is -0.374 e. The van der Waals surface area contributed by atoms with Crippen molar-refractivity contribution in [1.82, 2.24) is 0 Å². The number of rotatable bonds is 11. The maximum Gasteiger partial charge on any atom is 0.460 e. The van der Waals surface area contributed by atoms with Gasteiger partial charge in [-0.05, 0) is 24.5 Å². The molecule has 0 saturated heterocycles. The highest BCUT2D eigenvalue weighted by Gasteiger charge is 2.93. The molecule has 0 aliphatic heterocycles. The molecule has 0 aliphatic carbocycles. The minimum absolute atomic E-state index is 0.101. The number of aryl methyl sites for hydroxylation is 1. The molecule has 16 heteroatoms. The Bertz CT molecular complexity index is 907. The van der Waals surface area contributed by atoms with Crippen LogP contribution in [0.25, 0.3) is 0 Å². The summed E-state index contributed by atoms with van der Waals surface area (Å²) in [6, 6.07) is 4.89. The van der Waals surface area contributed by atoms with E-state index in [1.165, 1.54) is 18.2 Å². The Morgan fingerprint density at radius 2 is 1.06 bits per heavy atom. The van der Waals surface area contributed by atoms with Crippen LogP contribution in [0, 0.1) is 0 Å². The third-order valence-electron chi connectivity index (χ3n) is 5.51. The Morgan fingerprint density at radius 1 is 0.639 bits per heavy atom. The number of benzene rings is 1. The van der Waals surface area contributed by atoms with Gasteiger partial charge >= 0.3 is 41.7 Å². The summed E-state index contributed by atoms with van der Waals surface area (Å²) >= 11 is 0. The Morgan fingerprint density at radius 3 is 1.47 bits per heavy atom. The molecule has 0 radical (unpaired) electrons. The zero-order valence-corrected chi connectivity index (χ0v) is 18.5. The van der Waals surface area contributed by atoms with Gasteiger partial charge in [-0.1, -0.05) is 37.6 Å². The second-order valence-electron chi connectivity index (χ2n) is 8.09. The molecular formula is C20H19F15O. The van der Waals surface area contributed by atoms with E-state index in [9.17, 15) is 65.9 Å². The fourth-order valence-electron chi connectivity index (χ4n) is 3.33. The number of ether oxygens (including phenoxy) is 1. The van der Waals surface area contributed by atoms with Crippen LogP contribution in [0.15, 0.2) is 24.3 Å². The number of hydrogen-bond donors (Lipinski definition) is 0. The van der Waals surface area contributed by atoms with Crippen molar-refractivity contribution < 1.29 is 70.6 Å². The second kappa shape index (κ2) is 9.46. The average Bonchev–Trinajstić information content (AvgIpc) is 2.72. The van der Waals surface area contributed by atoms with Crippen molar-refractivity contribution in [3.8, 4) is 0 Å². The van der Waals surface area contributed by atoms with Crippen molar-refractivity contribution in [2.75, 3.05) is 7.11 Å². The lowest BCUT2D eigenvalue weighted by molar-refractivity contribution is -0.453. The van der Waals surface area contributed by atoms with Gasteiger partial charge in [0.2, 0.25) is 0 Å². The topological polar surface area (TPSA) is 9.23 Å². The molecule has 1 unspecified atom stereocenters. The molecule has 0 spiro atoms. The summed E-state index contributed by atoms with van der Waals surface area (Å²) in [5.41, 5.74) is -2.81. The summed E-state index contributed by atoms with van der Waals surface area (Å²) in [5, 5.41) is 0. The number of hydrogen-bond acceptors (Lipinski definition) is 1. The third-order valence-corrected chi connectivity index (χ3v) is 5.51. The Hall–Kier alpha value is -1.87. The largest absolute Gasteiger partial charge is 0.460 e. The van der Waals surface area contributed by atoms with Crippen molar-refractivity contribution in [3.05, 3.63) is 35.4 Å². The molecule has 0 heterocycles. The second-order valence-corrected chi connectivity index (χ2v) is 8.09. The van der Waals surface area contributed by atoms with Crippen LogP contribution >= 0.6 is 0 Å². The van der Waals surface area contributed by atoms with Crippen LogP contribution in [0.2, 0.25) is 0 Å². The van der Waals surface area contributed by atoms with E-state index in [1.54, 1.807) is 6.92 Å². The zero-order valence-electron chi connectivity index (χ0n) is 18.5. The van der Waals surface area contributed by atoms with Crippen molar-refractivity contribution in [1.29, 1.82) is 0 Å². The fourth-order valence-corrected chi connectivity index (χ4v) is 3.33. The number of alkyl halides is 15. The Balaban J connectivity index is 3.64. The lowest BCUT2D eigenvalue weighted by Gasteiger charge is -2.43. The van der Waals surface area contributed by atoms with E-state index in [2.05, 4.69) is 0 Å². The van der Waals surface area contributed by atoms with Gasteiger partial charge in [0.1, 0.15) is 0 Å². The molecule has 0 N–H and O–H groups in total. The van der Waals surface area contributed by atoms with Crippen LogP contribution in [0.1, 0.15) is 37.8 Å². The van der Waals surface area contributed by atoms with Crippen LogP contribution in [0.4, 0.5) is 65.9 Å². The molecule has 0 aliphatic rings. The van der Waals surface area contributed by atoms with Crippen LogP contribution < -0.4 is 0 Å². The lowest BCUT2D eigenvalue weighted by Crippen LogP contribution is -2.72. The predicted molar refractivity (Wildman–Crippen MR) is 95.2 cm³/mol. The first-order chi connectivity index (χ1) is 15.8. The monoisotopic (exact) mass is 560 g/mol. The summed E-state index contributed by atoms with van der Waals surface area (Å²) in [4.78, 5) is 0. The zero-order chi connectivity index (χ0) is 28.8. The molecule has 1 rings (SSSR count). The smallest absolute Gasteiger partial charge is 0.374 e. The molecule has 210 valence electrons. The van der Waals surface area contributed by atoms with Gasteiger partial charge in [-0.2, -0.15) is 65.9 Å². The molecule has 1 atom stereocenters. The van der Waals surface area contributed by atoms with E-state index in [-0.39, 0.29) is 17.5 Å². The SMILES string of the molecule is CCCc1ccccc1C(C)(CC(F)(F)C(F)(F)C(F)(F)C(F)(F)C(F)(F)C(F)(F)C(F)(F)F)OC. The van der Waals surface area contributed by atoms with Crippen LogP contribution in [0.3, 0.4) is 0 Å². The highest BCUT2D eigenvalue weighted by Crippen LogP contribution is 2.63. The summed E-state index contributed by atoms with van der Waals surface area (Å²) in [6.45, 7) is 2.25. The molecule has 1 aromatic carbocycles. The Labute approximate surface area is 194 Å². The average molecular weight is 560 g/mol. The van der Waals surface area contributed by atoms with Crippen LogP contribution in [0.5, 0.6) is 0 Å². The maximum absolute atomic E-state index is 14.5. The standard InChI is InChI=1S/C20H19F15O/c1-4-7-11-8-5-6-9-12(11)13(2,36-3)10-14(21,22)15(23,24)16(25,26)17(27,28)18(29,30)19(31,32)20(33,34)35/h5-6,8-9H,4,7,10H2,1-3H3. The first kappa shape index (κ1) is 32.2. The van der Waals surface area contributed by atoms with Gasteiger partial charge in [0.25, 0.3) is 0 Å². The summed E-state index contributed by atoms with van der Waals surface area (Å²) in [7, 11) is 0.641. The normalized spacial score (nSPS) is 16.7. The summed E-state index contributed by atoms with van der Waals surface area (Å²) < 4.78 is 207. The van der Waals surface area contributed by atoms with E-state index in [4.69, 9.17) is 4.74 Å². The quantitative estimate of drug-likeness (QED) is 0.248. The van der Waals surface area contributed by atoms with Gasteiger partial charge in [-0.25, -0.2) is 0 Å². The van der Waals surface area contributed by atoms with Gasteiger partial charge in [0.05, 0.1) is 12.0 Å². The van der Waals surface area contributed by atoms with Crippen LogP contribution in [-0.4, -0.2) is 48.8 Å². The Kier molecular flexibility index (Phi) is 8.45. The third kappa shape index (κ3) is 4.73. The highest BCUT2D eigenvalue weighted by atomic mass is 19.4. The maximum atomic E-state index is 14.5. The highest BCUT2D eigenvalue weighted by molar-refractivity contribution is 5.33. The molecule has 1 aromatic rings. The van der Waals surface area contributed by atoms with E-state index in [1.807, 2.05) is 0 Å². The number of halogens is 15. The van der Waals surface area contributed by atoms with Crippen molar-refractivity contribution >= 4 is 0 Å². The first-order valence-corrected chi connectivity index (χ1v) is 9.79. The molecular weight excluding hydrogens is 541 g/mol.